The van der Waals surface area contributed by atoms with Crippen molar-refractivity contribution in [3.63, 3.8) is 0 Å². The maximum Gasteiger partial charge on any atom is 0.255 e. The van der Waals surface area contributed by atoms with Crippen LogP contribution in [0.15, 0.2) is 12.4 Å². The lowest BCUT2D eigenvalue weighted by atomic mass is 10.0. The number of likely N-dealkylation sites (tertiary alicyclic amines) is 1. The minimum atomic E-state index is -0.523. The molecule has 7 heteroatoms. The van der Waals surface area contributed by atoms with Crippen LogP contribution in [0.1, 0.15) is 61.5 Å². The maximum atomic E-state index is 12.9. The predicted molar refractivity (Wildman–Crippen MR) is 97.8 cm³/mol. The number of fused-ring (bicyclic) bond motifs is 1. The second kappa shape index (κ2) is 6.70. The fourth-order valence-corrected chi connectivity index (χ4v) is 3.52. The van der Waals surface area contributed by atoms with Gasteiger partial charge in [0.25, 0.3) is 5.91 Å². The normalized spacial score (nSPS) is 18.5. The second-order valence-electron chi connectivity index (χ2n) is 7.70. The molecule has 2 fully saturated rings. The highest BCUT2D eigenvalue weighted by atomic mass is 16.2. The van der Waals surface area contributed by atoms with Gasteiger partial charge in [0, 0.05) is 25.2 Å². The van der Waals surface area contributed by atoms with Gasteiger partial charge in [-0.05, 0) is 31.6 Å². The van der Waals surface area contributed by atoms with Crippen molar-refractivity contribution in [1.82, 2.24) is 25.2 Å². The average molecular weight is 355 g/mol. The monoisotopic (exact) mass is 355 g/mol. The Morgan fingerprint density at radius 3 is 2.65 bits per heavy atom. The van der Waals surface area contributed by atoms with E-state index in [1.165, 1.54) is 0 Å². The number of amides is 2. The fraction of sp³-hybridized carbons (Fsp3) is 0.579. The second-order valence-corrected chi connectivity index (χ2v) is 7.70. The molecule has 1 saturated carbocycles. The quantitative estimate of drug-likeness (QED) is 0.860. The van der Waals surface area contributed by atoms with Gasteiger partial charge in [-0.15, -0.1) is 0 Å². The molecule has 4 rings (SSSR count). The van der Waals surface area contributed by atoms with Crippen molar-refractivity contribution in [1.29, 1.82) is 0 Å². The van der Waals surface area contributed by atoms with Crippen LogP contribution < -0.4 is 5.32 Å². The van der Waals surface area contributed by atoms with Crippen LogP contribution in [0.5, 0.6) is 0 Å². The first-order valence-electron chi connectivity index (χ1n) is 9.48. The van der Waals surface area contributed by atoms with Crippen LogP contribution in [0, 0.1) is 5.92 Å². The molecule has 2 N–H and O–H groups in total. The van der Waals surface area contributed by atoms with Crippen LogP contribution in [0.4, 0.5) is 0 Å². The molecule has 26 heavy (non-hydrogen) atoms. The largest absolute Gasteiger partial charge is 0.344 e. The molecule has 1 atom stereocenters. The fourth-order valence-electron chi connectivity index (χ4n) is 3.52. The van der Waals surface area contributed by atoms with E-state index in [4.69, 9.17) is 0 Å². The zero-order valence-electron chi connectivity index (χ0n) is 15.3. The van der Waals surface area contributed by atoms with Gasteiger partial charge in [0.05, 0.1) is 17.5 Å². The van der Waals surface area contributed by atoms with Gasteiger partial charge in [0.2, 0.25) is 5.91 Å². The van der Waals surface area contributed by atoms with Crippen LogP contribution in [0.25, 0.3) is 11.2 Å². The van der Waals surface area contributed by atoms with E-state index >= 15 is 0 Å². The van der Waals surface area contributed by atoms with Gasteiger partial charge in [0.15, 0.2) is 5.65 Å². The number of carbonyl (C=O) groups excluding carboxylic acids is 2. The standard InChI is InChI=1S/C19H25N5O2/c1-11(2)15(19(26)24-7-3-4-8-24)23-18(25)13-9-20-17-16(13)22-14(10-21-17)12-5-6-12/h9-12,15H,3-8H2,1-2H3,(H,20,21)(H,23,25). The summed E-state index contributed by atoms with van der Waals surface area (Å²) in [6, 6.07) is -0.523. The van der Waals surface area contributed by atoms with Gasteiger partial charge < -0.3 is 15.2 Å². The van der Waals surface area contributed by atoms with Crippen molar-refractivity contribution in [3.05, 3.63) is 23.7 Å². The molecular formula is C19H25N5O2. The summed E-state index contributed by atoms with van der Waals surface area (Å²) in [6.07, 6.45) is 7.75. The Balaban J connectivity index is 1.56. The summed E-state index contributed by atoms with van der Waals surface area (Å²) in [4.78, 5) is 39.6. The summed E-state index contributed by atoms with van der Waals surface area (Å²) < 4.78 is 0. The number of rotatable bonds is 5. The van der Waals surface area contributed by atoms with E-state index in [0.717, 1.165) is 44.5 Å². The molecule has 0 spiro atoms. The third kappa shape index (κ3) is 3.18. The molecule has 2 aromatic rings. The summed E-state index contributed by atoms with van der Waals surface area (Å²) in [7, 11) is 0. The number of nitrogens with zero attached hydrogens (tertiary/aromatic N) is 3. The lowest BCUT2D eigenvalue weighted by Gasteiger charge is -2.26. The summed E-state index contributed by atoms with van der Waals surface area (Å²) in [5, 5.41) is 2.93. The molecule has 1 aliphatic heterocycles. The lowest BCUT2D eigenvalue weighted by Crippen LogP contribution is -2.50. The molecule has 0 bridgehead atoms. The number of nitrogens with one attached hydrogen (secondary N) is 2. The molecule has 2 aliphatic rings. The highest BCUT2D eigenvalue weighted by molar-refractivity contribution is 6.06. The van der Waals surface area contributed by atoms with Gasteiger partial charge in [0.1, 0.15) is 11.6 Å². The van der Waals surface area contributed by atoms with E-state index in [2.05, 4.69) is 20.3 Å². The zero-order valence-corrected chi connectivity index (χ0v) is 15.3. The first kappa shape index (κ1) is 17.0. The average Bonchev–Trinajstić information content (AvgIpc) is 3.17. The number of hydrogen-bond donors (Lipinski definition) is 2. The smallest absolute Gasteiger partial charge is 0.255 e. The molecule has 1 saturated heterocycles. The van der Waals surface area contributed by atoms with Gasteiger partial charge in [-0.1, -0.05) is 13.8 Å². The Morgan fingerprint density at radius 2 is 2.00 bits per heavy atom. The van der Waals surface area contributed by atoms with Crippen LogP contribution in [-0.4, -0.2) is 50.8 Å². The molecule has 0 aromatic carbocycles. The van der Waals surface area contributed by atoms with Crippen LogP contribution in [0.3, 0.4) is 0 Å². The maximum absolute atomic E-state index is 12.9. The van der Waals surface area contributed by atoms with Crippen molar-refractivity contribution in [2.75, 3.05) is 13.1 Å². The van der Waals surface area contributed by atoms with E-state index in [1.54, 1.807) is 12.4 Å². The first-order valence-corrected chi connectivity index (χ1v) is 9.48. The third-order valence-corrected chi connectivity index (χ3v) is 5.28. The van der Waals surface area contributed by atoms with E-state index in [9.17, 15) is 9.59 Å². The van der Waals surface area contributed by atoms with Crippen molar-refractivity contribution < 1.29 is 9.59 Å². The minimum Gasteiger partial charge on any atom is -0.344 e. The van der Waals surface area contributed by atoms with E-state index in [1.807, 2.05) is 18.7 Å². The topological polar surface area (TPSA) is 91.0 Å². The Morgan fingerprint density at radius 1 is 1.27 bits per heavy atom. The van der Waals surface area contributed by atoms with Crippen molar-refractivity contribution in [2.45, 2.75) is 51.5 Å². The summed E-state index contributed by atoms with van der Waals surface area (Å²) in [5.74, 6) is 0.225. The van der Waals surface area contributed by atoms with Gasteiger partial charge in [-0.3, -0.25) is 9.59 Å². The van der Waals surface area contributed by atoms with Crippen molar-refractivity contribution in [3.8, 4) is 0 Å². The number of aromatic nitrogens is 3. The van der Waals surface area contributed by atoms with Crippen molar-refractivity contribution in [2.24, 2.45) is 5.92 Å². The Bertz CT molecular complexity index is 834. The highest BCUT2D eigenvalue weighted by Crippen LogP contribution is 2.39. The molecular weight excluding hydrogens is 330 g/mol. The predicted octanol–water partition coefficient (Wildman–Crippen LogP) is 2.21. The highest BCUT2D eigenvalue weighted by Gasteiger charge is 2.31. The first-order chi connectivity index (χ1) is 12.5. The van der Waals surface area contributed by atoms with E-state index < -0.39 is 6.04 Å². The van der Waals surface area contributed by atoms with Gasteiger partial charge >= 0.3 is 0 Å². The Labute approximate surface area is 152 Å². The number of hydrogen-bond acceptors (Lipinski definition) is 4. The SMILES string of the molecule is CC(C)C(NC(=O)c1c[nH]c2ncc(C3CC3)nc12)C(=O)N1CCCC1. The van der Waals surface area contributed by atoms with Gasteiger partial charge in [-0.2, -0.15) is 0 Å². The summed E-state index contributed by atoms with van der Waals surface area (Å²) >= 11 is 0. The Hall–Kier alpha value is -2.44. The van der Waals surface area contributed by atoms with Crippen LogP contribution in [0.2, 0.25) is 0 Å². The van der Waals surface area contributed by atoms with Crippen LogP contribution >= 0.6 is 0 Å². The molecule has 138 valence electrons. The number of carbonyl (C=O) groups is 2. The Kier molecular flexibility index (Phi) is 4.38. The van der Waals surface area contributed by atoms with Crippen molar-refractivity contribution >= 4 is 23.0 Å². The van der Waals surface area contributed by atoms with E-state index in [0.29, 0.717) is 22.6 Å². The van der Waals surface area contributed by atoms with E-state index in [-0.39, 0.29) is 17.7 Å². The minimum absolute atomic E-state index is 0.00967. The number of H-pyrrole nitrogens is 1. The molecule has 0 radical (unpaired) electrons. The molecule has 2 amide bonds. The summed E-state index contributed by atoms with van der Waals surface area (Å²) in [5.41, 5.74) is 2.59. The number of aromatic amines is 1. The molecule has 1 unspecified atom stereocenters. The lowest BCUT2D eigenvalue weighted by molar-refractivity contribution is -0.133. The van der Waals surface area contributed by atoms with Gasteiger partial charge in [-0.25, -0.2) is 9.97 Å². The molecule has 2 aromatic heterocycles. The third-order valence-electron chi connectivity index (χ3n) is 5.28. The van der Waals surface area contributed by atoms with Crippen LogP contribution in [-0.2, 0) is 4.79 Å². The molecule has 7 nitrogen and oxygen atoms in total. The summed E-state index contributed by atoms with van der Waals surface area (Å²) in [6.45, 7) is 5.47. The zero-order chi connectivity index (χ0) is 18.3. The molecule has 1 aliphatic carbocycles. The molecule has 3 heterocycles.